The maximum Gasteiger partial charge on any atom is 0.234 e. The molecule has 0 atom stereocenters. The first-order valence-corrected chi connectivity index (χ1v) is 11.1. The highest BCUT2D eigenvalue weighted by Gasteiger charge is 2.10. The molecule has 6 nitrogen and oxygen atoms in total. The van der Waals surface area contributed by atoms with Crippen LogP contribution in [0.25, 0.3) is 0 Å². The van der Waals surface area contributed by atoms with Crippen LogP contribution in [0.3, 0.4) is 0 Å². The molecule has 0 saturated carbocycles. The molecule has 0 aliphatic carbocycles. The fraction of sp³-hybridized carbons (Fsp3) is 0.0455. The number of carbonyl (C=O) groups is 1. The molecule has 9 heteroatoms. The van der Waals surface area contributed by atoms with Gasteiger partial charge in [-0.15, -0.1) is 10.2 Å². The Labute approximate surface area is 186 Å². The number of aromatic nitrogens is 2. The minimum atomic E-state index is -0.371. The molecule has 0 bridgehead atoms. The SMILES string of the molecule is O=C(CSc1nnc(Nc2ccccc2F)s1)Nc1cccc(Oc2ccccc2)c1. The van der Waals surface area contributed by atoms with Crippen molar-refractivity contribution in [1.29, 1.82) is 0 Å². The van der Waals surface area contributed by atoms with Crippen molar-refractivity contribution in [3.63, 3.8) is 0 Å². The molecule has 0 unspecified atom stereocenters. The Kier molecular flexibility index (Phi) is 6.75. The third-order valence-corrected chi connectivity index (χ3v) is 5.92. The van der Waals surface area contributed by atoms with Gasteiger partial charge >= 0.3 is 0 Å². The number of anilines is 3. The van der Waals surface area contributed by atoms with E-state index < -0.39 is 0 Å². The Balaban J connectivity index is 1.29. The molecule has 0 radical (unpaired) electrons. The summed E-state index contributed by atoms with van der Waals surface area (Å²) >= 11 is 2.51. The molecule has 0 saturated heterocycles. The van der Waals surface area contributed by atoms with Crippen LogP contribution in [0.15, 0.2) is 83.2 Å². The van der Waals surface area contributed by atoms with E-state index in [0.29, 0.717) is 26.6 Å². The van der Waals surface area contributed by atoms with Crippen LogP contribution in [0.1, 0.15) is 0 Å². The molecule has 1 heterocycles. The third kappa shape index (κ3) is 6.03. The number of amides is 1. The van der Waals surface area contributed by atoms with E-state index >= 15 is 0 Å². The summed E-state index contributed by atoms with van der Waals surface area (Å²) in [6, 6.07) is 22.9. The molecule has 1 aromatic heterocycles. The Morgan fingerprint density at radius 1 is 0.968 bits per heavy atom. The summed E-state index contributed by atoms with van der Waals surface area (Å²) in [6.07, 6.45) is 0. The van der Waals surface area contributed by atoms with Crippen LogP contribution in [0.4, 0.5) is 20.9 Å². The molecular weight excluding hydrogens is 435 g/mol. The Bertz CT molecular complexity index is 1170. The number of nitrogens with zero attached hydrogens (tertiary/aromatic N) is 2. The van der Waals surface area contributed by atoms with Crippen molar-refractivity contribution >= 4 is 45.5 Å². The standard InChI is InChI=1S/C22H17FN4O2S2/c23-18-11-4-5-12-19(18)25-21-26-27-22(31-21)30-14-20(28)24-15-7-6-10-17(13-15)29-16-8-2-1-3-9-16/h1-13H,14H2,(H,24,28)(H,25,26). The summed E-state index contributed by atoms with van der Waals surface area (Å²) in [7, 11) is 0. The molecule has 3 aromatic carbocycles. The van der Waals surface area contributed by atoms with Gasteiger partial charge in [0.05, 0.1) is 11.4 Å². The van der Waals surface area contributed by atoms with Crippen LogP contribution in [-0.4, -0.2) is 21.9 Å². The zero-order chi connectivity index (χ0) is 21.5. The van der Waals surface area contributed by atoms with Crippen LogP contribution in [0, 0.1) is 5.82 Å². The van der Waals surface area contributed by atoms with E-state index in [-0.39, 0.29) is 17.5 Å². The van der Waals surface area contributed by atoms with E-state index in [1.165, 1.54) is 29.2 Å². The first-order chi connectivity index (χ1) is 15.2. The third-order valence-electron chi connectivity index (χ3n) is 3.95. The average molecular weight is 453 g/mol. The predicted molar refractivity (Wildman–Crippen MR) is 122 cm³/mol. The lowest BCUT2D eigenvalue weighted by Gasteiger charge is -2.08. The van der Waals surface area contributed by atoms with Gasteiger partial charge in [-0.3, -0.25) is 4.79 Å². The van der Waals surface area contributed by atoms with Crippen LogP contribution in [0.5, 0.6) is 11.5 Å². The normalized spacial score (nSPS) is 10.5. The number of carbonyl (C=O) groups excluding carboxylic acids is 1. The van der Waals surface area contributed by atoms with Gasteiger partial charge in [0.1, 0.15) is 17.3 Å². The summed E-state index contributed by atoms with van der Waals surface area (Å²) < 4.78 is 20.1. The molecule has 4 rings (SSSR count). The zero-order valence-electron chi connectivity index (χ0n) is 16.1. The van der Waals surface area contributed by atoms with Crippen molar-refractivity contribution in [3.8, 4) is 11.5 Å². The topological polar surface area (TPSA) is 76.1 Å². The zero-order valence-corrected chi connectivity index (χ0v) is 17.8. The number of halogens is 1. The van der Waals surface area contributed by atoms with Crippen LogP contribution >= 0.6 is 23.1 Å². The number of hydrogen-bond donors (Lipinski definition) is 2. The number of ether oxygens (including phenoxy) is 1. The summed E-state index contributed by atoms with van der Waals surface area (Å²) in [4.78, 5) is 12.3. The lowest BCUT2D eigenvalue weighted by atomic mass is 10.3. The fourth-order valence-corrected chi connectivity index (χ4v) is 4.15. The van der Waals surface area contributed by atoms with Gasteiger partial charge in [-0.1, -0.05) is 59.5 Å². The maximum absolute atomic E-state index is 13.7. The number of rotatable bonds is 8. The molecule has 0 aliphatic rings. The number of para-hydroxylation sites is 2. The molecule has 1 amide bonds. The largest absolute Gasteiger partial charge is 0.457 e. The van der Waals surface area contributed by atoms with E-state index in [2.05, 4.69) is 20.8 Å². The van der Waals surface area contributed by atoms with Crippen LogP contribution in [-0.2, 0) is 4.79 Å². The Morgan fingerprint density at radius 2 is 1.74 bits per heavy atom. The lowest BCUT2D eigenvalue weighted by molar-refractivity contribution is -0.113. The van der Waals surface area contributed by atoms with E-state index in [1.807, 2.05) is 42.5 Å². The minimum Gasteiger partial charge on any atom is -0.457 e. The van der Waals surface area contributed by atoms with Crippen molar-refractivity contribution in [2.24, 2.45) is 0 Å². The lowest BCUT2D eigenvalue weighted by Crippen LogP contribution is -2.13. The number of nitrogens with one attached hydrogen (secondary N) is 2. The maximum atomic E-state index is 13.7. The molecule has 156 valence electrons. The van der Waals surface area contributed by atoms with Gasteiger partial charge in [0, 0.05) is 11.8 Å². The predicted octanol–water partition coefficient (Wildman–Crippen LogP) is 5.94. The number of hydrogen-bond acceptors (Lipinski definition) is 7. The molecule has 0 fully saturated rings. The first-order valence-electron chi connectivity index (χ1n) is 9.26. The second kappa shape index (κ2) is 10.1. The molecule has 0 spiro atoms. The Morgan fingerprint density at radius 3 is 2.58 bits per heavy atom. The molecule has 31 heavy (non-hydrogen) atoms. The van der Waals surface area contributed by atoms with Gasteiger partial charge in [-0.25, -0.2) is 4.39 Å². The highest BCUT2D eigenvalue weighted by atomic mass is 32.2. The minimum absolute atomic E-state index is 0.165. The Hall–Kier alpha value is -3.43. The van der Waals surface area contributed by atoms with Crippen molar-refractivity contribution < 1.29 is 13.9 Å². The smallest absolute Gasteiger partial charge is 0.234 e. The highest BCUT2D eigenvalue weighted by Crippen LogP contribution is 2.29. The van der Waals surface area contributed by atoms with Gasteiger partial charge in [0.15, 0.2) is 4.34 Å². The average Bonchev–Trinajstić information content (AvgIpc) is 3.22. The first kappa shape index (κ1) is 20.8. The summed E-state index contributed by atoms with van der Waals surface area (Å²) in [6.45, 7) is 0. The van der Waals surface area contributed by atoms with Gasteiger partial charge in [-0.2, -0.15) is 0 Å². The molecule has 2 N–H and O–H groups in total. The van der Waals surface area contributed by atoms with Crippen LogP contribution < -0.4 is 15.4 Å². The van der Waals surface area contributed by atoms with Gasteiger partial charge < -0.3 is 15.4 Å². The molecular formula is C22H17FN4O2S2. The van der Waals surface area contributed by atoms with E-state index in [4.69, 9.17) is 4.74 Å². The molecule has 4 aromatic rings. The summed E-state index contributed by atoms with van der Waals surface area (Å²) in [5.41, 5.74) is 0.962. The van der Waals surface area contributed by atoms with Crippen LogP contribution in [0.2, 0.25) is 0 Å². The highest BCUT2D eigenvalue weighted by molar-refractivity contribution is 8.01. The van der Waals surface area contributed by atoms with Crippen molar-refractivity contribution in [3.05, 3.63) is 84.7 Å². The van der Waals surface area contributed by atoms with Crippen molar-refractivity contribution in [2.45, 2.75) is 4.34 Å². The number of thioether (sulfide) groups is 1. The van der Waals surface area contributed by atoms with Gasteiger partial charge in [-0.05, 0) is 36.4 Å². The number of benzene rings is 3. The summed E-state index contributed by atoms with van der Waals surface area (Å²) in [5.74, 6) is 0.964. The van der Waals surface area contributed by atoms with Crippen molar-refractivity contribution in [2.75, 3.05) is 16.4 Å². The molecule has 0 aliphatic heterocycles. The second-order valence-corrected chi connectivity index (χ2v) is 8.46. The van der Waals surface area contributed by atoms with E-state index in [1.54, 1.807) is 30.3 Å². The van der Waals surface area contributed by atoms with E-state index in [0.717, 1.165) is 5.75 Å². The van der Waals surface area contributed by atoms with Gasteiger partial charge in [0.2, 0.25) is 11.0 Å². The summed E-state index contributed by atoms with van der Waals surface area (Å²) in [5, 5.41) is 14.2. The fourth-order valence-electron chi connectivity index (χ4n) is 2.58. The van der Waals surface area contributed by atoms with Crippen molar-refractivity contribution in [1.82, 2.24) is 10.2 Å². The quantitative estimate of drug-likeness (QED) is 0.322. The second-order valence-electron chi connectivity index (χ2n) is 6.26. The monoisotopic (exact) mass is 452 g/mol. The van der Waals surface area contributed by atoms with Gasteiger partial charge in [0.25, 0.3) is 0 Å². The van der Waals surface area contributed by atoms with E-state index in [9.17, 15) is 9.18 Å².